The fourth-order valence-electron chi connectivity index (χ4n) is 3.39. The molecule has 0 atom stereocenters. The van der Waals surface area contributed by atoms with E-state index in [1.165, 1.54) is 36.0 Å². The maximum Gasteiger partial charge on any atom is 0.244 e. The second kappa shape index (κ2) is 11.8. The van der Waals surface area contributed by atoms with Crippen molar-refractivity contribution in [2.75, 3.05) is 13.2 Å². The fraction of sp³-hybridized carbons (Fsp3) is 0.542. The molecular weight excluding hydrogens is 334 g/mol. The van der Waals surface area contributed by atoms with E-state index >= 15 is 0 Å². The molecular formula is C24H37NO2. The molecule has 0 aromatic heterocycles. The Labute approximate surface area is 165 Å². The van der Waals surface area contributed by atoms with Crippen molar-refractivity contribution >= 4 is 5.91 Å². The van der Waals surface area contributed by atoms with E-state index in [1.54, 1.807) is 6.08 Å². The van der Waals surface area contributed by atoms with Crippen LogP contribution in [0.5, 0.6) is 0 Å². The van der Waals surface area contributed by atoms with Crippen molar-refractivity contribution in [2.24, 2.45) is 5.41 Å². The summed E-state index contributed by atoms with van der Waals surface area (Å²) in [6.07, 6.45) is 17.3. The van der Waals surface area contributed by atoms with Crippen molar-refractivity contribution in [3.05, 3.63) is 58.7 Å². The average Bonchev–Trinajstić information content (AvgIpc) is 2.57. The van der Waals surface area contributed by atoms with Gasteiger partial charge in [-0.15, -0.1) is 0 Å². The molecule has 0 aliphatic heterocycles. The van der Waals surface area contributed by atoms with Crippen LogP contribution in [0.25, 0.3) is 0 Å². The third-order valence-electron chi connectivity index (χ3n) is 5.02. The molecule has 2 N–H and O–H groups in total. The molecule has 0 aromatic rings. The Balaban J connectivity index is 2.60. The molecule has 27 heavy (non-hydrogen) atoms. The van der Waals surface area contributed by atoms with Crippen molar-refractivity contribution in [3.63, 3.8) is 0 Å². The van der Waals surface area contributed by atoms with Gasteiger partial charge in [0.2, 0.25) is 5.91 Å². The van der Waals surface area contributed by atoms with Crippen molar-refractivity contribution in [3.8, 4) is 0 Å². The second-order valence-corrected chi connectivity index (χ2v) is 8.14. The lowest BCUT2D eigenvalue weighted by molar-refractivity contribution is -0.116. The quantitative estimate of drug-likeness (QED) is 0.323. The second-order valence-electron chi connectivity index (χ2n) is 8.14. The van der Waals surface area contributed by atoms with Gasteiger partial charge >= 0.3 is 0 Å². The third-order valence-corrected chi connectivity index (χ3v) is 5.02. The highest BCUT2D eigenvalue weighted by Crippen LogP contribution is 2.40. The summed E-state index contributed by atoms with van der Waals surface area (Å²) in [5.41, 5.74) is 5.34. The molecule has 0 unspecified atom stereocenters. The number of nitrogens with one attached hydrogen (secondary N) is 1. The van der Waals surface area contributed by atoms with Crippen LogP contribution in [0, 0.1) is 5.41 Å². The van der Waals surface area contributed by atoms with Crippen molar-refractivity contribution in [1.82, 2.24) is 5.32 Å². The van der Waals surface area contributed by atoms with Crippen LogP contribution in [0.3, 0.4) is 0 Å². The van der Waals surface area contributed by atoms with Gasteiger partial charge in [0.1, 0.15) is 0 Å². The lowest BCUT2D eigenvalue weighted by Crippen LogP contribution is -2.22. The summed E-state index contributed by atoms with van der Waals surface area (Å²) < 4.78 is 0. The Morgan fingerprint density at radius 2 is 1.93 bits per heavy atom. The van der Waals surface area contributed by atoms with Gasteiger partial charge in [-0.2, -0.15) is 0 Å². The van der Waals surface area contributed by atoms with E-state index in [-0.39, 0.29) is 17.9 Å². The molecule has 0 spiro atoms. The van der Waals surface area contributed by atoms with E-state index in [0.29, 0.717) is 13.0 Å². The highest BCUT2D eigenvalue weighted by atomic mass is 16.2. The number of unbranched alkanes of at least 4 members (excludes halogenated alkanes) is 1. The summed E-state index contributed by atoms with van der Waals surface area (Å²) in [5, 5.41) is 11.5. The number of amides is 1. The molecule has 0 heterocycles. The number of carbonyl (C=O) groups is 1. The molecule has 0 saturated carbocycles. The molecule has 0 fully saturated rings. The van der Waals surface area contributed by atoms with Crippen LogP contribution in [0.1, 0.15) is 66.7 Å². The van der Waals surface area contributed by atoms with E-state index in [2.05, 4.69) is 51.2 Å². The standard InChI is InChI=1S/C24H37NO2/c1-19(13-14-22-21(3)12-9-15-24(22,4)5)10-8-11-20(2)18-23(27)25-16-6-7-17-26/h8,10-11,13-14,18,26H,6-7,9,12,15-17H2,1-5H3,(H,25,27)/b11-8+,14-13+,19-10+,20-18+. The Morgan fingerprint density at radius 3 is 2.59 bits per heavy atom. The molecule has 0 aromatic carbocycles. The SMILES string of the molecule is CC1=C(/C=C/C(C)=C/C=C/C(C)=C/C(=O)NCCCCO)C(C)(C)CCC1. The number of aliphatic hydroxyl groups is 1. The van der Waals surface area contributed by atoms with Crippen molar-refractivity contribution < 1.29 is 9.90 Å². The monoisotopic (exact) mass is 371 g/mol. The zero-order valence-electron chi connectivity index (χ0n) is 17.8. The number of allylic oxidation sites excluding steroid dienone is 9. The van der Waals surface area contributed by atoms with Crippen LogP contribution in [-0.2, 0) is 4.79 Å². The minimum Gasteiger partial charge on any atom is -0.396 e. The van der Waals surface area contributed by atoms with Gasteiger partial charge in [-0.3, -0.25) is 4.79 Å². The Hall–Kier alpha value is -1.87. The first-order valence-corrected chi connectivity index (χ1v) is 10.1. The highest BCUT2D eigenvalue weighted by molar-refractivity contribution is 5.88. The third kappa shape index (κ3) is 9.05. The minimum absolute atomic E-state index is 0.0855. The van der Waals surface area contributed by atoms with Crippen LogP contribution in [0.2, 0.25) is 0 Å². The number of carbonyl (C=O) groups excluding carboxylic acids is 1. The Kier molecular flexibility index (Phi) is 10.1. The average molecular weight is 372 g/mol. The first kappa shape index (κ1) is 23.2. The van der Waals surface area contributed by atoms with Crippen LogP contribution in [-0.4, -0.2) is 24.2 Å². The molecule has 0 radical (unpaired) electrons. The molecule has 0 bridgehead atoms. The molecule has 3 heteroatoms. The normalized spacial score (nSPS) is 18.6. The van der Waals surface area contributed by atoms with Crippen LogP contribution in [0.15, 0.2) is 58.7 Å². The summed E-state index contributed by atoms with van der Waals surface area (Å²) in [6, 6.07) is 0. The number of aliphatic hydroxyl groups excluding tert-OH is 1. The molecule has 1 rings (SSSR count). The lowest BCUT2D eigenvalue weighted by Gasteiger charge is -2.32. The predicted octanol–water partition coefficient (Wildman–Crippen LogP) is 5.41. The van der Waals surface area contributed by atoms with Gasteiger partial charge in [-0.25, -0.2) is 0 Å². The largest absolute Gasteiger partial charge is 0.396 e. The van der Waals surface area contributed by atoms with E-state index in [9.17, 15) is 4.79 Å². The number of hydrogen-bond donors (Lipinski definition) is 2. The van der Waals surface area contributed by atoms with Gasteiger partial charge in [0.25, 0.3) is 0 Å². The molecule has 0 saturated heterocycles. The summed E-state index contributed by atoms with van der Waals surface area (Å²) in [7, 11) is 0. The topological polar surface area (TPSA) is 49.3 Å². The molecule has 1 amide bonds. The maximum atomic E-state index is 11.8. The van der Waals surface area contributed by atoms with Crippen molar-refractivity contribution in [1.29, 1.82) is 0 Å². The van der Waals surface area contributed by atoms with Gasteiger partial charge in [0, 0.05) is 19.2 Å². The van der Waals surface area contributed by atoms with E-state index < -0.39 is 0 Å². The van der Waals surface area contributed by atoms with Gasteiger partial charge in [0.05, 0.1) is 0 Å². The van der Waals surface area contributed by atoms with E-state index in [1.807, 2.05) is 19.1 Å². The highest BCUT2D eigenvalue weighted by Gasteiger charge is 2.26. The smallest absolute Gasteiger partial charge is 0.244 e. The Bertz CT molecular complexity index is 645. The summed E-state index contributed by atoms with van der Waals surface area (Å²) >= 11 is 0. The van der Waals surface area contributed by atoms with Gasteiger partial charge in [-0.1, -0.05) is 55.4 Å². The summed E-state index contributed by atoms with van der Waals surface area (Å²) in [5.74, 6) is -0.0855. The zero-order chi connectivity index (χ0) is 20.3. The fourth-order valence-corrected chi connectivity index (χ4v) is 3.39. The zero-order valence-corrected chi connectivity index (χ0v) is 17.8. The van der Waals surface area contributed by atoms with Crippen molar-refractivity contribution in [2.45, 2.75) is 66.7 Å². The molecule has 1 aliphatic rings. The molecule has 150 valence electrons. The predicted molar refractivity (Wildman–Crippen MR) is 115 cm³/mol. The minimum atomic E-state index is -0.0855. The molecule has 1 aliphatic carbocycles. The van der Waals surface area contributed by atoms with Crippen LogP contribution < -0.4 is 5.32 Å². The number of hydrogen-bond acceptors (Lipinski definition) is 2. The van der Waals surface area contributed by atoms with Gasteiger partial charge < -0.3 is 10.4 Å². The first-order chi connectivity index (χ1) is 12.8. The van der Waals surface area contributed by atoms with Crippen LogP contribution in [0.4, 0.5) is 0 Å². The Morgan fingerprint density at radius 1 is 1.19 bits per heavy atom. The first-order valence-electron chi connectivity index (χ1n) is 10.1. The molecule has 3 nitrogen and oxygen atoms in total. The van der Waals surface area contributed by atoms with E-state index in [4.69, 9.17) is 5.11 Å². The van der Waals surface area contributed by atoms with Crippen LogP contribution >= 0.6 is 0 Å². The summed E-state index contributed by atoms with van der Waals surface area (Å²) in [6.45, 7) is 11.7. The maximum absolute atomic E-state index is 11.8. The lowest BCUT2D eigenvalue weighted by atomic mass is 9.72. The van der Waals surface area contributed by atoms with Gasteiger partial charge in [0.15, 0.2) is 0 Å². The van der Waals surface area contributed by atoms with E-state index in [0.717, 1.165) is 12.0 Å². The summed E-state index contributed by atoms with van der Waals surface area (Å²) in [4.78, 5) is 11.8. The van der Waals surface area contributed by atoms with Gasteiger partial charge in [-0.05, 0) is 69.4 Å². The number of rotatable bonds is 9.